The highest BCUT2D eigenvalue weighted by atomic mass is 79.9. The molecule has 1 unspecified atom stereocenters. The van der Waals surface area contributed by atoms with Gasteiger partial charge < -0.3 is 5.11 Å². The second kappa shape index (κ2) is 6.05. The molecule has 2 rings (SSSR count). The number of aliphatic hydroxyl groups is 1. The molecule has 0 bridgehead atoms. The molecule has 0 saturated carbocycles. The van der Waals surface area contributed by atoms with Gasteiger partial charge in [-0.3, -0.25) is 4.68 Å². The molecule has 1 atom stereocenters. The zero-order valence-corrected chi connectivity index (χ0v) is 14.3. The maximum absolute atomic E-state index is 10.5. The van der Waals surface area contributed by atoms with E-state index in [0.29, 0.717) is 10.7 Å². The third-order valence-electron chi connectivity index (χ3n) is 2.51. The van der Waals surface area contributed by atoms with Crippen LogP contribution in [0, 0.1) is 0 Å². The van der Waals surface area contributed by atoms with Crippen LogP contribution in [-0.2, 0) is 6.54 Å². The Balaban J connectivity index is 2.42. The molecule has 1 N–H and O–H groups in total. The number of aliphatic hydroxyl groups excluding tert-OH is 1. The first kappa shape index (κ1) is 14.5. The van der Waals surface area contributed by atoms with E-state index in [-0.39, 0.29) is 0 Å². The zero-order valence-electron chi connectivity index (χ0n) is 9.53. The predicted octanol–water partition coefficient (Wildman–Crippen LogP) is 4.61. The summed E-state index contributed by atoms with van der Waals surface area (Å²) >= 11 is 14.5. The Morgan fingerprint density at radius 3 is 2.83 bits per heavy atom. The van der Waals surface area contributed by atoms with Gasteiger partial charge >= 0.3 is 0 Å². The summed E-state index contributed by atoms with van der Waals surface area (Å²) < 4.78 is 3.61. The van der Waals surface area contributed by atoms with Gasteiger partial charge in [0.2, 0.25) is 0 Å². The molecule has 98 valence electrons. The molecule has 2 aromatic heterocycles. The van der Waals surface area contributed by atoms with Crippen molar-refractivity contribution in [2.45, 2.75) is 26.0 Å². The van der Waals surface area contributed by atoms with Crippen molar-refractivity contribution in [2.24, 2.45) is 0 Å². The van der Waals surface area contributed by atoms with E-state index in [0.717, 1.165) is 26.1 Å². The van der Waals surface area contributed by atoms with Gasteiger partial charge in [-0.25, -0.2) is 0 Å². The first-order valence-electron chi connectivity index (χ1n) is 5.38. The lowest BCUT2D eigenvalue weighted by Gasteiger charge is -2.13. The second-order valence-corrected chi connectivity index (χ2v) is 7.94. The Bertz CT molecular complexity index is 555. The lowest BCUT2D eigenvalue weighted by Crippen LogP contribution is -2.10. The van der Waals surface area contributed by atoms with Crippen molar-refractivity contribution in [3.05, 3.63) is 36.1 Å². The zero-order chi connectivity index (χ0) is 13.3. The average molecular weight is 415 g/mol. The smallest absolute Gasteiger partial charge is 0.124 e. The first-order chi connectivity index (χ1) is 8.54. The summed E-state index contributed by atoms with van der Waals surface area (Å²) in [6.07, 6.45) is 1.74. The molecule has 0 saturated heterocycles. The highest BCUT2D eigenvalue weighted by Crippen LogP contribution is 2.39. The van der Waals surface area contributed by atoms with Crippen molar-refractivity contribution in [3.63, 3.8) is 0 Å². The number of hydrogen-bond donors (Lipinski definition) is 1. The molecule has 0 spiro atoms. The number of aryl methyl sites for hydroxylation is 1. The summed E-state index contributed by atoms with van der Waals surface area (Å²) in [7, 11) is 0. The molecule has 0 fully saturated rings. The molecular weight excluding hydrogens is 403 g/mol. The highest BCUT2D eigenvalue weighted by Gasteiger charge is 2.23. The Labute approximate surface area is 131 Å². The van der Waals surface area contributed by atoms with Crippen molar-refractivity contribution in [1.29, 1.82) is 0 Å². The largest absolute Gasteiger partial charge is 0.382 e. The quantitative estimate of drug-likeness (QED) is 0.793. The van der Waals surface area contributed by atoms with Gasteiger partial charge in [0.15, 0.2) is 0 Å². The fraction of sp³-hybridized carbons (Fsp3) is 0.364. The predicted molar refractivity (Wildman–Crippen MR) is 81.3 cm³/mol. The number of halogens is 3. The molecule has 0 radical (unpaired) electrons. The number of hydrogen-bond acceptors (Lipinski definition) is 3. The van der Waals surface area contributed by atoms with Crippen LogP contribution in [0.3, 0.4) is 0 Å². The highest BCUT2D eigenvalue weighted by molar-refractivity contribution is 9.12. The summed E-state index contributed by atoms with van der Waals surface area (Å²) in [6.45, 7) is 2.80. The summed E-state index contributed by atoms with van der Waals surface area (Å²) in [6, 6.07) is 1.89. The summed E-state index contributed by atoms with van der Waals surface area (Å²) in [5, 5.41) is 15.2. The van der Waals surface area contributed by atoms with Crippen LogP contribution in [0.5, 0.6) is 0 Å². The SMILES string of the molecule is CCCn1ncc(Cl)c1C(O)c1cc(Br)sc1Br. The molecule has 2 heterocycles. The monoisotopic (exact) mass is 412 g/mol. The summed E-state index contributed by atoms with van der Waals surface area (Å²) in [5.74, 6) is 0. The van der Waals surface area contributed by atoms with Gasteiger partial charge in [-0.2, -0.15) is 5.10 Å². The van der Waals surface area contributed by atoms with Crippen LogP contribution >= 0.6 is 54.8 Å². The van der Waals surface area contributed by atoms with Crippen LogP contribution in [0.25, 0.3) is 0 Å². The Hall–Kier alpha value is 0.120. The fourth-order valence-electron chi connectivity index (χ4n) is 1.72. The van der Waals surface area contributed by atoms with Crippen LogP contribution in [-0.4, -0.2) is 14.9 Å². The molecule has 0 aliphatic rings. The van der Waals surface area contributed by atoms with Crippen molar-refractivity contribution >= 4 is 54.8 Å². The number of rotatable bonds is 4. The summed E-state index contributed by atoms with van der Waals surface area (Å²) in [4.78, 5) is 0. The fourth-order valence-corrected chi connectivity index (χ4v) is 4.85. The van der Waals surface area contributed by atoms with Gasteiger partial charge in [0, 0.05) is 12.1 Å². The molecule has 0 amide bonds. The van der Waals surface area contributed by atoms with Gasteiger partial charge in [0.1, 0.15) is 6.10 Å². The molecule has 0 aliphatic heterocycles. The van der Waals surface area contributed by atoms with E-state index in [4.69, 9.17) is 11.6 Å². The van der Waals surface area contributed by atoms with Crippen LogP contribution < -0.4 is 0 Å². The number of thiophene rings is 1. The minimum absolute atomic E-state index is 0.491. The van der Waals surface area contributed by atoms with Gasteiger partial charge in [-0.05, 0) is 44.3 Å². The normalized spacial score (nSPS) is 12.9. The van der Waals surface area contributed by atoms with Gasteiger partial charge in [0.25, 0.3) is 0 Å². The molecule has 3 nitrogen and oxygen atoms in total. The van der Waals surface area contributed by atoms with E-state index in [1.807, 2.05) is 6.07 Å². The lowest BCUT2D eigenvalue weighted by molar-refractivity contribution is 0.207. The minimum atomic E-state index is -0.775. The third-order valence-corrected chi connectivity index (χ3v) is 5.18. The standard InChI is InChI=1S/C11H11Br2ClN2OS/c1-2-3-16-9(7(14)5-15-16)10(17)6-4-8(12)18-11(6)13/h4-5,10,17H,2-3H2,1H3. The van der Waals surface area contributed by atoms with Gasteiger partial charge in [0.05, 0.1) is 24.5 Å². The molecule has 18 heavy (non-hydrogen) atoms. The second-order valence-electron chi connectivity index (χ2n) is 3.78. The van der Waals surface area contributed by atoms with E-state index in [1.54, 1.807) is 10.9 Å². The Morgan fingerprint density at radius 1 is 1.56 bits per heavy atom. The van der Waals surface area contributed by atoms with E-state index < -0.39 is 6.10 Å². The van der Waals surface area contributed by atoms with E-state index in [9.17, 15) is 5.11 Å². The van der Waals surface area contributed by atoms with Gasteiger partial charge in [-0.1, -0.05) is 18.5 Å². The molecule has 0 aromatic carbocycles. The van der Waals surface area contributed by atoms with Crippen LogP contribution in [0.4, 0.5) is 0 Å². The Morgan fingerprint density at radius 2 is 2.28 bits per heavy atom. The van der Waals surface area contributed by atoms with Crippen LogP contribution in [0.2, 0.25) is 5.02 Å². The minimum Gasteiger partial charge on any atom is -0.382 e. The average Bonchev–Trinajstić information content (AvgIpc) is 2.82. The van der Waals surface area contributed by atoms with Crippen molar-refractivity contribution < 1.29 is 5.11 Å². The maximum Gasteiger partial charge on any atom is 0.124 e. The first-order valence-corrected chi connectivity index (χ1v) is 8.16. The molecule has 2 aromatic rings. The van der Waals surface area contributed by atoms with Crippen molar-refractivity contribution in [3.8, 4) is 0 Å². The Kier molecular flexibility index (Phi) is 4.88. The number of aromatic nitrogens is 2. The van der Waals surface area contributed by atoms with Crippen LogP contribution in [0.1, 0.15) is 30.7 Å². The molecule has 0 aliphatic carbocycles. The maximum atomic E-state index is 10.5. The van der Waals surface area contributed by atoms with E-state index >= 15 is 0 Å². The summed E-state index contributed by atoms with van der Waals surface area (Å²) in [5.41, 5.74) is 1.44. The molecule has 7 heteroatoms. The molecular formula is C11H11Br2ClN2OS. The lowest BCUT2D eigenvalue weighted by atomic mass is 10.1. The van der Waals surface area contributed by atoms with Crippen molar-refractivity contribution in [2.75, 3.05) is 0 Å². The van der Waals surface area contributed by atoms with E-state index in [2.05, 4.69) is 43.9 Å². The van der Waals surface area contributed by atoms with Crippen molar-refractivity contribution in [1.82, 2.24) is 9.78 Å². The third kappa shape index (κ3) is 2.82. The number of nitrogens with zero attached hydrogens (tertiary/aromatic N) is 2. The van der Waals surface area contributed by atoms with Gasteiger partial charge in [-0.15, -0.1) is 11.3 Å². The topological polar surface area (TPSA) is 38.0 Å². The van der Waals surface area contributed by atoms with Crippen LogP contribution in [0.15, 0.2) is 19.8 Å². The van der Waals surface area contributed by atoms with E-state index in [1.165, 1.54) is 11.3 Å².